The number of alkyl halides is 3. The number of aryl methyl sites for hydroxylation is 1. The van der Waals surface area contributed by atoms with Crippen molar-refractivity contribution in [1.29, 1.82) is 0 Å². The third kappa shape index (κ3) is 2.49. The van der Waals surface area contributed by atoms with E-state index >= 15 is 0 Å². The average Bonchev–Trinajstić information content (AvgIpc) is 2.46. The summed E-state index contributed by atoms with van der Waals surface area (Å²) in [6, 6.07) is 13.3. The van der Waals surface area contributed by atoms with Crippen molar-refractivity contribution < 1.29 is 13.2 Å². The molecule has 0 fully saturated rings. The van der Waals surface area contributed by atoms with Crippen LogP contribution in [0.4, 0.5) is 13.2 Å². The zero-order valence-electron chi connectivity index (χ0n) is 11.3. The van der Waals surface area contributed by atoms with Gasteiger partial charge in [0.15, 0.2) is 0 Å². The van der Waals surface area contributed by atoms with E-state index in [4.69, 9.17) is 0 Å². The van der Waals surface area contributed by atoms with Gasteiger partial charge in [0.05, 0.1) is 11.1 Å². The minimum atomic E-state index is -4.32. The minimum absolute atomic E-state index is 0.586. The number of pyridine rings is 1. The Labute approximate surface area is 120 Å². The van der Waals surface area contributed by atoms with Crippen molar-refractivity contribution in [3.63, 3.8) is 0 Å². The highest BCUT2D eigenvalue weighted by Crippen LogP contribution is 2.34. The topological polar surface area (TPSA) is 12.9 Å². The molecule has 0 amide bonds. The first-order valence-corrected chi connectivity index (χ1v) is 6.49. The number of aromatic nitrogens is 1. The zero-order valence-corrected chi connectivity index (χ0v) is 11.3. The molecular weight excluding hydrogens is 275 g/mol. The molecule has 0 atom stereocenters. The lowest BCUT2D eigenvalue weighted by Gasteiger charge is -2.12. The molecular formula is C17H12F3N. The van der Waals surface area contributed by atoms with Gasteiger partial charge in [-0.25, -0.2) is 0 Å². The van der Waals surface area contributed by atoms with E-state index in [9.17, 15) is 13.2 Å². The van der Waals surface area contributed by atoms with Gasteiger partial charge >= 0.3 is 6.18 Å². The van der Waals surface area contributed by atoms with Crippen LogP contribution in [0.15, 0.2) is 54.7 Å². The maximum Gasteiger partial charge on any atom is 0.416 e. The van der Waals surface area contributed by atoms with E-state index < -0.39 is 11.7 Å². The summed E-state index contributed by atoms with van der Waals surface area (Å²) in [5.41, 5.74) is 2.37. The maximum absolute atomic E-state index is 12.7. The van der Waals surface area contributed by atoms with Gasteiger partial charge in [0, 0.05) is 17.1 Å². The lowest BCUT2D eigenvalue weighted by Crippen LogP contribution is -2.05. The molecule has 4 heteroatoms. The number of halogens is 3. The molecule has 2 aromatic carbocycles. The highest BCUT2D eigenvalue weighted by atomic mass is 19.4. The van der Waals surface area contributed by atoms with Crippen LogP contribution >= 0.6 is 0 Å². The molecule has 0 bridgehead atoms. The molecule has 21 heavy (non-hydrogen) atoms. The van der Waals surface area contributed by atoms with E-state index in [1.807, 2.05) is 30.3 Å². The molecule has 3 rings (SSSR count). The van der Waals surface area contributed by atoms with Crippen molar-refractivity contribution in [1.82, 2.24) is 4.98 Å². The van der Waals surface area contributed by atoms with E-state index in [0.29, 0.717) is 5.56 Å². The third-order valence-electron chi connectivity index (χ3n) is 3.48. The van der Waals surface area contributed by atoms with Crippen molar-refractivity contribution in [2.45, 2.75) is 13.1 Å². The molecule has 0 aliphatic carbocycles. The van der Waals surface area contributed by atoms with Crippen LogP contribution < -0.4 is 0 Å². The van der Waals surface area contributed by atoms with Crippen molar-refractivity contribution in [2.24, 2.45) is 0 Å². The second-order valence-corrected chi connectivity index (χ2v) is 4.91. The van der Waals surface area contributed by atoms with E-state index in [1.54, 1.807) is 13.1 Å². The Morgan fingerprint density at radius 3 is 2.38 bits per heavy atom. The van der Waals surface area contributed by atoms with Gasteiger partial charge in [0.2, 0.25) is 0 Å². The van der Waals surface area contributed by atoms with Crippen LogP contribution in [-0.4, -0.2) is 4.98 Å². The first kappa shape index (κ1) is 13.6. The molecule has 3 aromatic rings. The van der Waals surface area contributed by atoms with E-state index in [2.05, 4.69) is 4.98 Å². The number of hydrogen-bond donors (Lipinski definition) is 0. The molecule has 0 saturated carbocycles. The summed E-state index contributed by atoms with van der Waals surface area (Å²) < 4.78 is 38.2. The average molecular weight is 287 g/mol. The lowest BCUT2D eigenvalue weighted by atomic mass is 9.96. The number of nitrogens with zero attached hydrogens (tertiary/aromatic N) is 1. The van der Waals surface area contributed by atoms with Crippen LogP contribution in [0.3, 0.4) is 0 Å². The Morgan fingerprint density at radius 2 is 1.67 bits per heavy atom. The smallest absolute Gasteiger partial charge is 0.256 e. The molecule has 0 aliphatic rings. The van der Waals surface area contributed by atoms with Crippen molar-refractivity contribution in [3.05, 3.63) is 65.9 Å². The molecule has 1 nitrogen and oxygen atoms in total. The fourth-order valence-electron chi connectivity index (χ4n) is 2.46. The van der Waals surface area contributed by atoms with Crippen LogP contribution in [0.25, 0.3) is 22.0 Å². The Hall–Kier alpha value is -2.36. The fraction of sp³-hybridized carbons (Fsp3) is 0.118. The van der Waals surface area contributed by atoms with Gasteiger partial charge in [-0.15, -0.1) is 0 Å². The second kappa shape index (κ2) is 4.88. The fourth-order valence-corrected chi connectivity index (χ4v) is 2.46. The van der Waals surface area contributed by atoms with E-state index in [-0.39, 0.29) is 0 Å². The normalized spacial score (nSPS) is 11.8. The Balaban J connectivity index is 2.20. The summed E-state index contributed by atoms with van der Waals surface area (Å²) in [7, 11) is 0. The molecule has 0 spiro atoms. The SMILES string of the molecule is Cc1cc(C(F)(F)F)ccc1-c1cccc2cccnc12. The minimum Gasteiger partial charge on any atom is -0.256 e. The van der Waals surface area contributed by atoms with Crippen molar-refractivity contribution in [3.8, 4) is 11.1 Å². The van der Waals surface area contributed by atoms with Crippen LogP contribution in [0.1, 0.15) is 11.1 Å². The summed E-state index contributed by atoms with van der Waals surface area (Å²) in [5.74, 6) is 0. The van der Waals surface area contributed by atoms with Gasteiger partial charge in [-0.1, -0.05) is 30.3 Å². The zero-order chi connectivity index (χ0) is 15.0. The van der Waals surface area contributed by atoms with Gasteiger partial charge in [-0.05, 0) is 36.2 Å². The monoisotopic (exact) mass is 287 g/mol. The van der Waals surface area contributed by atoms with Gasteiger partial charge in [0.1, 0.15) is 0 Å². The van der Waals surface area contributed by atoms with Gasteiger partial charge < -0.3 is 0 Å². The molecule has 0 radical (unpaired) electrons. The van der Waals surface area contributed by atoms with Gasteiger partial charge in [0.25, 0.3) is 0 Å². The Kier molecular flexibility index (Phi) is 3.16. The van der Waals surface area contributed by atoms with Crippen LogP contribution in [0.2, 0.25) is 0 Å². The Bertz CT molecular complexity index is 801. The molecule has 1 heterocycles. The molecule has 0 saturated heterocycles. The summed E-state index contributed by atoms with van der Waals surface area (Å²) in [4.78, 5) is 4.35. The molecule has 106 valence electrons. The quantitative estimate of drug-likeness (QED) is 0.597. The largest absolute Gasteiger partial charge is 0.416 e. The molecule has 0 unspecified atom stereocenters. The number of para-hydroxylation sites is 1. The second-order valence-electron chi connectivity index (χ2n) is 4.91. The predicted octanol–water partition coefficient (Wildman–Crippen LogP) is 5.23. The summed E-state index contributed by atoms with van der Waals surface area (Å²) >= 11 is 0. The number of hydrogen-bond acceptors (Lipinski definition) is 1. The molecule has 0 N–H and O–H groups in total. The van der Waals surface area contributed by atoms with E-state index in [1.165, 1.54) is 12.1 Å². The third-order valence-corrected chi connectivity index (χ3v) is 3.48. The first-order chi connectivity index (χ1) is 9.97. The number of rotatable bonds is 1. The summed E-state index contributed by atoms with van der Waals surface area (Å²) in [5, 5.41) is 0.967. The molecule has 1 aromatic heterocycles. The van der Waals surface area contributed by atoms with Crippen molar-refractivity contribution in [2.75, 3.05) is 0 Å². The van der Waals surface area contributed by atoms with Crippen LogP contribution in [-0.2, 0) is 6.18 Å². The Morgan fingerprint density at radius 1 is 0.905 bits per heavy atom. The number of benzene rings is 2. The number of fused-ring (bicyclic) bond motifs is 1. The molecule has 0 aliphatic heterocycles. The summed E-state index contributed by atoms with van der Waals surface area (Å²) in [6.07, 6.45) is -2.63. The maximum atomic E-state index is 12.7. The van der Waals surface area contributed by atoms with Crippen molar-refractivity contribution >= 4 is 10.9 Å². The lowest BCUT2D eigenvalue weighted by molar-refractivity contribution is -0.137. The standard InChI is InChI=1S/C17H12F3N/c1-11-10-13(17(18,19)20)7-8-14(11)15-6-2-4-12-5-3-9-21-16(12)15/h2-10H,1H3. The predicted molar refractivity (Wildman–Crippen MR) is 76.9 cm³/mol. The summed E-state index contributed by atoms with van der Waals surface area (Å²) in [6.45, 7) is 1.69. The first-order valence-electron chi connectivity index (χ1n) is 6.49. The highest BCUT2D eigenvalue weighted by molar-refractivity contribution is 5.94. The van der Waals surface area contributed by atoms with Gasteiger partial charge in [-0.3, -0.25) is 4.98 Å². The van der Waals surface area contributed by atoms with E-state index in [0.717, 1.165) is 28.1 Å². The van der Waals surface area contributed by atoms with Crippen LogP contribution in [0.5, 0.6) is 0 Å². The highest BCUT2D eigenvalue weighted by Gasteiger charge is 2.30. The van der Waals surface area contributed by atoms with Crippen LogP contribution in [0, 0.1) is 6.92 Å². The van der Waals surface area contributed by atoms with Gasteiger partial charge in [-0.2, -0.15) is 13.2 Å².